The SMILES string of the molecule is Cc1ccc(C(N)c2ncccc2Cl)cc1C. The maximum atomic E-state index is 6.19. The minimum atomic E-state index is -0.275. The number of aryl methyl sites for hydroxylation is 2. The maximum Gasteiger partial charge on any atom is 0.0802 e. The Labute approximate surface area is 106 Å². The predicted octanol–water partition coefficient (Wildman–Crippen LogP) is 3.40. The topological polar surface area (TPSA) is 38.9 Å². The van der Waals surface area contributed by atoms with E-state index in [0.717, 1.165) is 11.3 Å². The van der Waals surface area contributed by atoms with E-state index in [0.29, 0.717) is 5.02 Å². The Kier molecular flexibility index (Phi) is 3.46. The molecular formula is C14H15ClN2. The molecule has 17 heavy (non-hydrogen) atoms. The van der Waals surface area contributed by atoms with E-state index >= 15 is 0 Å². The molecule has 3 heteroatoms. The van der Waals surface area contributed by atoms with Crippen molar-refractivity contribution in [2.45, 2.75) is 19.9 Å². The molecule has 0 aliphatic heterocycles. The summed E-state index contributed by atoms with van der Waals surface area (Å²) >= 11 is 6.10. The zero-order chi connectivity index (χ0) is 12.4. The van der Waals surface area contributed by atoms with Gasteiger partial charge in [0, 0.05) is 6.20 Å². The van der Waals surface area contributed by atoms with Crippen molar-refractivity contribution in [3.05, 3.63) is 63.9 Å². The van der Waals surface area contributed by atoms with Gasteiger partial charge in [0.1, 0.15) is 0 Å². The van der Waals surface area contributed by atoms with E-state index in [2.05, 4.69) is 31.0 Å². The summed E-state index contributed by atoms with van der Waals surface area (Å²) in [6, 6.07) is 9.52. The number of rotatable bonds is 2. The summed E-state index contributed by atoms with van der Waals surface area (Å²) in [5.74, 6) is 0. The molecule has 0 aliphatic rings. The molecule has 0 bridgehead atoms. The van der Waals surface area contributed by atoms with Crippen LogP contribution in [0, 0.1) is 13.8 Å². The van der Waals surface area contributed by atoms with Gasteiger partial charge in [-0.25, -0.2) is 0 Å². The van der Waals surface area contributed by atoms with Gasteiger partial charge in [0.05, 0.1) is 16.8 Å². The van der Waals surface area contributed by atoms with Crippen LogP contribution in [0.15, 0.2) is 36.5 Å². The molecule has 2 nitrogen and oxygen atoms in total. The van der Waals surface area contributed by atoms with Crippen LogP contribution in [-0.2, 0) is 0 Å². The van der Waals surface area contributed by atoms with Crippen LogP contribution in [0.3, 0.4) is 0 Å². The molecular weight excluding hydrogens is 232 g/mol. The first kappa shape index (κ1) is 12.1. The summed E-state index contributed by atoms with van der Waals surface area (Å²) in [6.07, 6.45) is 1.71. The third kappa shape index (κ3) is 2.48. The lowest BCUT2D eigenvalue weighted by Crippen LogP contribution is -2.14. The van der Waals surface area contributed by atoms with Gasteiger partial charge in [-0.15, -0.1) is 0 Å². The monoisotopic (exact) mass is 246 g/mol. The first-order valence-electron chi connectivity index (χ1n) is 5.52. The smallest absolute Gasteiger partial charge is 0.0802 e. The van der Waals surface area contributed by atoms with Gasteiger partial charge in [-0.2, -0.15) is 0 Å². The van der Waals surface area contributed by atoms with E-state index in [1.165, 1.54) is 11.1 Å². The summed E-state index contributed by atoms with van der Waals surface area (Å²) in [4.78, 5) is 4.25. The van der Waals surface area contributed by atoms with E-state index < -0.39 is 0 Å². The molecule has 1 aromatic carbocycles. The normalized spacial score (nSPS) is 12.5. The van der Waals surface area contributed by atoms with Gasteiger partial charge in [-0.05, 0) is 42.7 Å². The number of hydrogen-bond donors (Lipinski definition) is 1. The van der Waals surface area contributed by atoms with E-state index in [4.69, 9.17) is 17.3 Å². The standard InChI is InChI=1S/C14H15ClN2/c1-9-5-6-11(8-10(9)2)13(16)14-12(15)4-3-7-17-14/h3-8,13H,16H2,1-2H3. The zero-order valence-electron chi connectivity index (χ0n) is 9.94. The lowest BCUT2D eigenvalue weighted by molar-refractivity contribution is 0.827. The average molecular weight is 247 g/mol. The van der Waals surface area contributed by atoms with Crippen molar-refractivity contribution in [3.63, 3.8) is 0 Å². The molecule has 1 heterocycles. The highest BCUT2D eigenvalue weighted by atomic mass is 35.5. The first-order valence-corrected chi connectivity index (χ1v) is 5.90. The quantitative estimate of drug-likeness (QED) is 0.882. The minimum absolute atomic E-state index is 0.275. The molecule has 1 atom stereocenters. The van der Waals surface area contributed by atoms with Gasteiger partial charge in [0.15, 0.2) is 0 Å². The van der Waals surface area contributed by atoms with E-state index in [9.17, 15) is 0 Å². The summed E-state index contributed by atoms with van der Waals surface area (Å²) in [5, 5.41) is 0.609. The van der Waals surface area contributed by atoms with Crippen molar-refractivity contribution in [2.75, 3.05) is 0 Å². The van der Waals surface area contributed by atoms with E-state index in [1.807, 2.05) is 12.1 Å². The molecule has 0 amide bonds. The molecule has 2 rings (SSSR count). The van der Waals surface area contributed by atoms with Crippen LogP contribution in [0.5, 0.6) is 0 Å². The number of nitrogens with zero attached hydrogens (tertiary/aromatic N) is 1. The number of hydrogen-bond acceptors (Lipinski definition) is 2. The summed E-state index contributed by atoms with van der Waals surface area (Å²) in [7, 11) is 0. The largest absolute Gasteiger partial charge is 0.319 e. The average Bonchev–Trinajstić information content (AvgIpc) is 2.32. The second-order valence-corrected chi connectivity index (χ2v) is 4.60. The zero-order valence-corrected chi connectivity index (χ0v) is 10.7. The number of aromatic nitrogens is 1. The van der Waals surface area contributed by atoms with Crippen LogP contribution in [0.4, 0.5) is 0 Å². The molecule has 1 unspecified atom stereocenters. The molecule has 88 valence electrons. The highest BCUT2D eigenvalue weighted by molar-refractivity contribution is 6.31. The summed E-state index contributed by atoms with van der Waals surface area (Å²) in [5.41, 5.74) is 10.4. The maximum absolute atomic E-state index is 6.19. The van der Waals surface area contributed by atoms with E-state index in [1.54, 1.807) is 12.3 Å². The lowest BCUT2D eigenvalue weighted by atomic mass is 9.99. The molecule has 2 N–H and O–H groups in total. The number of nitrogens with two attached hydrogens (primary N) is 1. The number of pyridine rings is 1. The molecule has 0 saturated carbocycles. The van der Waals surface area contributed by atoms with Gasteiger partial charge >= 0.3 is 0 Å². The Hall–Kier alpha value is -1.38. The second kappa shape index (κ2) is 4.86. The van der Waals surface area contributed by atoms with E-state index in [-0.39, 0.29) is 6.04 Å². The molecule has 0 radical (unpaired) electrons. The van der Waals surface area contributed by atoms with Crippen LogP contribution < -0.4 is 5.73 Å². The first-order chi connectivity index (χ1) is 8.09. The third-order valence-corrected chi connectivity index (χ3v) is 3.29. The Morgan fingerprint density at radius 3 is 2.59 bits per heavy atom. The fourth-order valence-electron chi connectivity index (χ4n) is 1.74. The molecule has 1 aromatic heterocycles. The van der Waals surface area contributed by atoms with Crippen molar-refractivity contribution >= 4 is 11.6 Å². The fraction of sp³-hybridized carbons (Fsp3) is 0.214. The van der Waals surface area contributed by atoms with Crippen molar-refractivity contribution in [1.82, 2.24) is 4.98 Å². The Bertz CT molecular complexity index is 537. The molecule has 2 aromatic rings. The predicted molar refractivity (Wildman–Crippen MR) is 71.2 cm³/mol. The van der Waals surface area contributed by atoms with Crippen molar-refractivity contribution in [2.24, 2.45) is 5.73 Å². The molecule has 0 spiro atoms. The number of halogens is 1. The second-order valence-electron chi connectivity index (χ2n) is 4.19. The van der Waals surface area contributed by atoms with Gasteiger partial charge in [-0.1, -0.05) is 29.8 Å². The Morgan fingerprint density at radius 1 is 1.18 bits per heavy atom. The Balaban J connectivity index is 2.40. The van der Waals surface area contributed by atoms with Gasteiger partial charge in [-0.3, -0.25) is 4.98 Å². The summed E-state index contributed by atoms with van der Waals surface area (Å²) in [6.45, 7) is 4.16. The Morgan fingerprint density at radius 2 is 1.94 bits per heavy atom. The number of benzene rings is 1. The van der Waals surface area contributed by atoms with Gasteiger partial charge < -0.3 is 5.73 Å². The highest BCUT2D eigenvalue weighted by Crippen LogP contribution is 2.25. The fourth-order valence-corrected chi connectivity index (χ4v) is 1.98. The van der Waals surface area contributed by atoms with Crippen LogP contribution in [0.2, 0.25) is 5.02 Å². The molecule has 0 saturated heterocycles. The van der Waals surface area contributed by atoms with Crippen molar-refractivity contribution in [3.8, 4) is 0 Å². The van der Waals surface area contributed by atoms with Crippen LogP contribution in [-0.4, -0.2) is 4.98 Å². The van der Waals surface area contributed by atoms with Crippen molar-refractivity contribution in [1.29, 1.82) is 0 Å². The van der Waals surface area contributed by atoms with Crippen LogP contribution >= 0.6 is 11.6 Å². The van der Waals surface area contributed by atoms with Gasteiger partial charge in [0.2, 0.25) is 0 Å². The minimum Gasteiger partial charge on any atom is -0.319 e. The molecule has 0 fully saturated rings. The summed E-state index contributed by atoms with van der Waals surface area (Å²) < 4.78 is 0. The van der Waals surface area contributed by atoms with Crippen LogP contribution in [0.25, 0.3) is 0 Å². The highest BCUT2D eigenvalue weighted by Gasteiger charge is 2.13. The van der Waals surface area contributed by atoms with Crippen molar-refractivity contribution < 1.29 is 0 Å². The van der Waals surface area contributed by atoms with Gasteiger partial charge in [0.25, 0.3) is 0 Å². The lowest BCUT2D eigenvalue weighted by Gasteiger charge is -2.14. The van der Waals surface area contributed by atoms with Crippen LogP contribution in [0.1, 0.15) is 28.4 Å². The molecule has 0 aliphatic carbocycles. The third-order valence-electron chi connectivity index (χ3n) is 2.97.